The zero-order chi connectivity index (χ0) is 13.1. The van der Waals surface area contributed by atoms with Crippen LogP contribution in [-0.2, 0) is 4.74 Å². The third-order valence-corrected chi connectivity index (χ3v) is 3.36. The van der Waals surface area contributed by atoms with Crippen LogP contribution >= 0.6 is 0 Å². The summed E-state index contributed by atoms with van der Waals surface area (Å²) < 4.78 is 16.4. The maximum Gasteiger partial charge on any atom is 0.314 e. The molecule has 0 aromatic heterocycles. The normalized spacial score (nSPS) is 26.6. The quantitative estimate of drug-likeness (QED) is 0.457. The number of epoxide rings is 1. The second-order valence-electron chi connectivity index (χ2n) is 5.00. The van der Waals surface area contributed by atoms with Gasteiger partial charge < -0.3 is 14.2 Å². The Morgan fingerprint density at radius 2 is 2.17 bits per heavy atom. The van der Waals surface area contributed by atoms with E-state index in [4.69, 9.17) is 14.2 Å². The molecule has 1 aromatic carbocycles. The first-order valence-corrected chi connectivity index (χ1v) is 5.65. The fraction of sp³-hybridized carbons (Fsp3) is 0.500. The summed E-state index contributed by atoms with van der Waals surface area (Å²) in [7, 11) is 1.41. The van der Waals surface area contributed by atoms with Crippen molar-refractivity contribution >= 4 is 5.69 Å². The molecule has 6 nitrogen and oxygen atoms in total. The fourth-order valence-corrected chi connectivity index (χ4v) is 2.40. The molecule has 2 aliphatic rings. The largest absolute Gasteiger partial charge is 0.490 e. The van der Waals surface area contributed by atoms with Gasteiger partial charge in [-0.3, -0.25) is 10.1 Å². The highest BCUT2D eigenvalue weighted by molar-refractivity contribution is 5.57. The molecule has 3 rings (SSSR count). The number of rotatable bonds is 2. The molecular formula is C12H13NO5. The number of ether oxygens (including phenoxy) is 3. The molecule has 0 saturated carbocycles. The van der Waals surface area contributed by atoms with Crippen LogP contribution in [0.25, 0.3) is 0 Å². The minimum absolute atomic E-state index is 0.0103. The van der Waals surface area contributed by atoms with Gasteiger partial charge in [-0.05, 0) is 19.9 Å². The summed E-state index contributed by atoms with van der Waals surface area (Å²) in [6.45, 7) is 3.83. The van der Waals surface area contributed by atoms with Gasteiger partial charge in [0, 0.05) is 5.56 Å². The molecule has 0 spiro atoms. The van der Waals surface area contributed by atoms with Crippen LogP contribution in [0.3, 0.4) is 0 Å². The van der Waals surface area contributed by atoms with Crippen molar-refractivity contribution in [3.8, 4) is 11.5 Å². The van der Waals surface area contributed by atoms with Crippen LogP contribution in [0.5, 0.6) is 11.5 Å². The van der Waals surface area contributed by atoms with Crippen LogP contribution in [0.1, 0.15) is 25.5 Å². The highest BCUT2D eigenvalue weighted by Gasteiger charge is 2.57. The van der Waals surface area contributed by atoms with E-state index in [1.54, 1.807) is 6.07 Å². The van der Waals surface area contributed by atoms with Crippen molar-refractivity contribution in [1.82, 2.24) is 0 Å². The molecule has 0 radical (unpaired) electrons. The SMILES string of the molecule is COc1cc2c(cc1[N+](=O)[O-])OC(C)(C)C1OC21. The Labute approximate surface area is 104 Å². The van der Waals surface area contributed by atoms with Crippen molar-refractivity contribution in [3.05, 3.63) is 27.8 Å². The lowest BCUT2D eigenvalue weighted by molar-refractivity contribution is -0.385. The average Bonchev–Trinajstić information content (AvgIpc) is 3.08. The van der Waals surface area contributed by atoms with Gasteiger partial charge in [0.25, 0.3) is 0 Å². The Bertz CT molecular complexity index is 540. The average molecular weight is 251 g/mol. The third-order valence-electron chi connectivity index (χ3n) is 3.36. The van der Waals surface area contributed by atoms with Crippen molar-refractivity contribution in [2.75, 3.05) is 7.11 Å². The van der Waals surface area contributed by atoms with Crippen molar-refractivity contribution in [2.24, 2.45) is 0 Å². The van der Waals surface area contributed by atoms with Crippen LogP contribution in [0, 0.1) is 10.1 Å². The van der Waals surface area contributed by atoms with Gasteiger partial charge in [0.15, 0.2) is 5.75 Å². The Balaban J connectivity index is 2.12. The minimum atomic E-state index is -0.477. The third kappa shape index (κ3) is 1.45. The Hall–Kier alpha value is -1.82. The highest BCUT2D eigenvalue weighted by Crippen LogP contribution is 2.55. The van der Waals surface area contributed by atoms with Crippen LogP contribution in [0.15, 0.2) is 12.1 Å². The number of hydrogen-bond acceptors (Lipinski definition) is 5. The maximum atomic E-state index is 11.0. The molecule has 2 aliphatic heterocycles. The van der Waals surface area contributed by atoms with Gasteiger partial charge in [0.1, 0.15) is 23.6 Å². The number of nitro groups is 1. The van der Waals surface area contributed by atoms with Crippen molar-refractivity contribution in [1.29, 1.82) is 0 Å². The van der Waals surface area contributed by atoms with Gasteiger partial charge in [-0.1, -0.05) is 0 Å². The molecule has 18 heavy (non-hydrogen) atoms. The number of methoxy groups -OCH3 is 1. The topological polar surface area (TPSA) is 74.1 Å². The number of fused-ring (bicyclic) bond motifs is 3. The Morgan fingerprint density at radius 1 is 1.44 bits per heavy atom. The van der Waals surface area contributed by atoms with Gasteiger partial charge in [-0.25, -0.2) is 0 Å². The van der Waals surface area contributed by atoms with E-state index < -0.39 is 10.5 Å². The van der Waals surface area contributed by atoms with E-state index in [-0.39, 0.29) is 23.6 Å². The zero-order valence-electron chi connectivity index (χ0n) is 10.3. The maximum absolute atomic E-state index is 11.0. The van der Waals surface area contributed by atoms with Crippen LogP contribution in [0.4, 0.5) is 5.69 Å². The zero-order valence-corrected chi connectivity index (χ0v) is 10.3. The Morgan fingerprint density at radius 3 is 2.78 bits per heavy atom. The lowest BCUT2D eigenvalue weighted by Crippen LogP contribution is -2.37. The van der Waals surface area contributed by atoms with E-state index in [1.165, 1.54) is 13.2 Å². The van der Waals surface area contributed by atoms with Gasteiger partial charge >= 0.3 is 5.69 Å². The summed E-state index contributed by atoms with van der Waals surface area (Å²) in [5, 5.41) is 11.0. The van der Waals surface area contributed by atoms with E-state index in [2.05, 4.69) is 0 Å². The molecule has 0 amide bonds. The number of hydrogen-bond donors (Lipinski definition) is 0. The minimum Gasteiger partial charge on any atom is -0.490 e. The van der Waals surface area contributed by atoms with Crippen molar-refractivity contribution < 1.29 is 19.1 Å². The summed E-state index contributed by atoms with van der Waals surface area (Å²) in [6, 6.07) is 3.04. The molecule has 2 unspecified atom stereocenters. The van der Waals surface area contributed by atoms with E-state index in [9.17, 15) is 10.1 Å². The molecule has 0 N–H and O–H groups in total. The molecule has 6 heteroatoms. The van der Waals surface area contributed by atoms with Gasteiger partial charge in [0.05, 0.1) is 18.1 Å². The van der Waals surface area contributed by atoms with Crippen molar-refractivity contribution in [3.63, 3.8) is 0 Å². The Kier molecular flexibility index (Phi) is 2.10. The summed E-state index contributed by atoms with van der Waals surface area (Å²) >= 11 is 0. The highest BCUT2D eigenvalue weighted by atomic mass is 16.6. The molecule has 1 fully saturated rings. The first-order valence-electron chi connectivity index (χ1n) is 5.65. The molecule has 2 atom stereocenters. The van der Waals surface area contributed by atoms with Crippen LogP contribution in [0.2, 0.25) is 0 Å². The molecule has 0 bridgehead atoms. The summed E-state index contributed by atoms with van der Waals surface area (Å²) in [4.78, 5) is 10.5. The summed E-state index contributed by atoms with van der Waals surface area (Å²) in [5.41, 5.74) is 0.271. The first-order chi connectivity index (χ1) is 8.44. The van der Waals surface area contributed by atoms with Crippen LogP contribution < -0.4 is 9.47 Å². The van der Waals surface area contributed by atoms with E-state index in [1.807, 2.05) is 13.8 Å². The number of nitro benzene ring substituents is 1. The lowest BCUT2D eigenvalue weighted by atomic mass is 9.94. The van der Waals surface area contributed by atoms with Crippen LogP contribution in [-0.4, -0.2) is 23.7 Å². The molecule has 96 valence electrons. The van der Waals surface area contributed by atoms with Gasteiger partial charge in [-0.15, -0.1) is 0 Å². The first kappa shape index (κ1) is 11.3. The van der Waals surface area contributed by atoms with E-state index in [0.29, 0.717) is 5.75 Å². The predicted octanol–water partition coefficient (Wildman–Crippen LogP) is 2.21. The molecular weight excluding hydrogens is 238 g/mol. The second-order valence-corrected chi connectivity index (χ2v) is 5.00. The fourth-order valence-electron chi connectivity index (χ4n) is 2.40. The number of nitrogens with zero attached hydrogens (tertiary/aromatic N) is 1. The standard InChI is InChI=1S/C12H13NO5/c1-12(2)11-10(17-11)6-4-9(16-3)7(13(14)15)5-8(6)18-12/h4-5,10-11H,1-3H3. The summed E-state index contributed by atoms with van der Waals surface area (Å²) in [6.07, 6.45) is -0.0328. The van der Waals surface area contributed by atoms with Gasteiger partial charge in [0.2, 0.25) is 0 Å². The van der Waals surface area contributed by atoms with E-state index in [0.717, 1.165) is 5.56 Å². The van der Waals surface area contributed by atoms with E-state index >= 15 is 0 Å². The van der Waals surface area contributed by atoms with Gasteiger partial charge in [-0.2, -0.15) is 0 Å². The lowest BCUT2D eigenvalue weighted by Gasteiger charge is -2.29. The molecule has 0 aliphatic carbocycles. The molecule has 1 saturated heterocycles. The second kappa shape index (κ2) is 3.35. The smallest absolute Gasteiger partial charge is 0.314 e. The monoisotopic (exact) mass is 251 g/mol. The predicted molar refractivity (Wildman–Crippen MR) is 62.0 cm³/mol. The number of benzene rings is 1. The molecule has 2 heterocycles. The summed E-state index contributed by atoms with van der Waals surface area (Å²) in [5.74, 6) is 0.738. The molecule has 1 aromatic rings. The van der Waals surface area contributed by atoms with Crippen molar-refractivity contribution in [2.45, 2.75) is 31.7 Å².